The maximum atomic E-state index is 11.8. The molecule has 0 saturated heterocycles. The van der Waals surface area contributed by atoms with Gasteiger partial charge in [0.15, 0.2) is 0 Å². The highest BCUT2D eigenvalue weighted by molar-refractivity contribution is 7.23. The van der Waals surface area contributed by atoms with Crippen molar-refractivity contribution in [1.82, 2.24) is 0 Å². The summed E-state index contributed by atoms with van der Waals surface area (Å²) < 4.78 is 6.02. The number of esters is 1. The third-order valence-corrected chi connectivity index (χ3v) is 3.35. The first-order valence-electron chi connectivity index (χ1n) is 5.09. The molecule has 0 radical (unpaired) electrons. The van der Waals surface area contributed by atoms with E-state index in [1.54, 1.807) is 6.92 Å². The molecule has 16 heavy (non-hydrogen) atoms. The van der Waals surface area contributed by atoms with Gasteiger partial charge in [0.1, 0.15) is 10.6 Å². The van der Waals surface area contributed by atoms with Gasteiger partial charge in [-0.05, 0) is 26.0 Å². The number of carbonyl (C=O) groups excluding carboxylic acids is 1. The fourth-order valence-corrected chi connectivity index (χ4v) is 2.58. The Morgan fingerprint density at radius 2 is 2.25 bits per heavy atom. The highest BCUT2D eigenvalue weighted by Gasteiger charge is 2.18. The van der Waals surface area contributed by atoms with Crippen LogP contribution in [0.15, 0.2) is 18.2 Å². The maximum Gasteiger partial charge on any atom is 0.341 e. The van der Waals surface area contributed by atoms with Gasteiger partial charge in [0.05, 0.1) is 6.61 Å². The smallest absolute Gasteiger partial charge is 0.341 e. The van der Waals surface area contributed by atoms with Gasteiger partial charge in [0, 0.05) is 10.1 Å². The number of anilines is 1. The summed E-state index contributed by atoms with van der Waals surface area (Å²) in [5.74, 6) is -0.336. The van der Waals surface area contributed by atoms with Gasteiger partial charge in [-0.25, -0.2) is 4.79 Å². The normalized spacial score (nSPS) is 10.6. The van der Waals surface area contributed by atoms with Crippen LogP contribution in [0.1, 0.15) is 22.8 Å². The average Bonchev–Trinajstić information content (AvgIpc) is 2.53. The predicted octanol–water partition coefficient (Wildman–Crippen LogP) is 2.97. The van der Waals surface area contributed by atoms with Crippen LogP contribution >= 0.6 is 11.3 Å². The van der Waals surface area contributed by atoms with Crippen molar-refractivity contribution in [3.63, 3.8) is 0 Å². The van der Waals surface area contributed by atoms with Gasteiger partial charge in [0.25, 0.3) is 0 Å². The van der Waals surface area contributed by atoms with Gasteiger partial charge in [-0.3, -0.25) is 0 Å². The van der Waals surface area contributed by atoms with E-state index in [0.717, 1.165) is 15.6 Å². The third kappa shape index (κ3) is 1.76. The average molecular weight is 235 g/mol. The Balaban J connectivity index is 2.62. The molecule has 84 valence electrons. The minimum atomic E-state index is -0.336. The van der Waals surface area contributed by atoms with E-state index in [-0.39, 0.29) is 5.97 Å². The molecule has 0 amide bonds. The van der Waals surface area contributed by atoms with Gasteiger partial charge in [-0.2, -0.15) is 0 Å². The van der Waals surface area contributed by atoms with Crippen LogP contribution in [0.25, 0.3) is 10.1 Å². The summed E-state index contributed by atoms with van der Waals surface area (Å²) in [5.41, 5.74) is 7.46. The van der Waals surface area contributed by atoms with Crippen molar-refractivity contribution < 1.29 is 9.53 Å². The lowest BCUT2D eigenvalue weighted by molar-refractivity contribution is 0.0530. The number of rotatable bonds is 2. The molecular formula is C12H13NO2S. The van der Waals surface area contributed by atoms with Crippen LogP contribution < -0.4 is 5.73 Å². The molecule has 0 aliphatic heterocycles. The zero-order valence-corrected chi connectivity index (χ0v) is 10.1. The lowest BCUT2D eigenvalue weighted by Gasteiger charge is -2.01. The molecule has 1 aromatic carbocycles. The molecule has 0 atom stereocenters. The number of hydrogen-bond donors (Lipinski definition) is 1. The highest BCUT2D eigenvalue weighted by atomic mass is 32.1. The summed E-state index contributed by atoms with van der Waals surface area (Å²) in [4.78, 5) is 11.8. The largest absolute Gasteiger partial charge is 0.462 e. The standard InChI is InChI=1S/C12H13NO2S/c1-3-15-12(14)10-8-6-7(2)4-5-9(8)16-11(10)13/h4-6H,3,13H2,1-2H3. The van der Waals surface area contributed by atoms with Gasteiger partial charge < -0.3 is 10.5 Å². The summed E-state index contributed by atoms with van der Waals surface area (Å²) >= 11 is 1.42. The molecule has 0 spiro atoms. The van der Waals surface area contributed by atoms with E-state index in [9.17, 15) is 4.79 Å². The lowest BCUT2D eigenvalue weighted by Crippen LogP contribution is -2.06. The Morgan fingerprint density at radius 3 is 2.94 bits per heavy atom. The quantitative estimate of drug-likeness (QED) is 0.814. The van der Waals surface area contributed by atoms with E-state index in [1.807, 2.05) is 25.1 Å². The summed E-state index contributed by atoms with van der Waals surface area (Å²) in [5, 5.41) is 1.42. The molecule has 0 aliphatic carbocycles. The monoisotopic (exact) mass is 235 g/mol. The maximum absolute atomic E-state index is 11.8. The molecule has 2 N–H and O–H groups in total. The molecule has 1 aromatic heterocycles. The number of thiophene rings is 1. The molecule has 2 aromatic rings. The summed E-state index contributed by atoms with van der Waals surface area (Å²) in [7, 11) is 0. The van der Waals surface area contributed by atoms with E-state index in [0.29, 0.717) is 17.2 Å². The molecule has 0 unspecified atom stereocenters. The van der Waals surface area contributed by atoms with Gasteiger partial charge in [-0.15, -0.1) is 11.3 Å². The van der Waals surface area contributed by atoms with Crippen LogP contribution in [0.4, 0.5) is 5.00 Å². The first kappa shape index (κ1) is 11.0. The molecule has 2 rings (SSSR count). The van der Waals surface area contributed by atoms with E-state index in [1.165, 1.54) is 11.3 Å². The van der Waals surface area contributed by atoms with Crippen molar-refractivity contribution in [2.75, 3.05) is 12.3 Å². The summed E-state index contributed by atoms with van der Waals surface area (Å²) in [6.45, 7) is 4.14. The first-order valence-corrected chi connectivity index (χ1v) is 5.91. The number of hydrogen-bond acceptors (Lipinski definition) is 4. The van der Waals surface area contributed by atoms with Crippen LogP contribution in [0.3, 0.4) is 0 Å². The minimum Gasteiger partial charge on any atom is -0.462 e. The molecule has 3 nitrogen and oxygen atoms in total. The zero-order valence-electron chi connectivity index (χ0n) is 9.24. The second-order valence-electron chi connectivity index (χ2n) is 3.56. The molecule has 1 heterocycles. The number of carbonyl (C=O) groups is 1. The van der Waals surface area contributed by atoms with Gasteiger partial charge in [-0.1, -0.05) is 11.6 Å². The van der Waals surface area contributed by atoms with Crippen LogP contribution in [-0.2, 0) is 4.74 Å². The Hall–Kier alpha value is -1.55. The Labute approximate surface area is 97.8 Å². The number of fused-ring (bicyclic) bond motifs is 1. The Morgan fingerprint density at radius 1 is 1.50 bits per heavy atom. The molecule has 0 bridgehead atoms. The second kappa shape index (κ2) is 4.14. The first-order chi connectivity index (χ1) is 7.63. The van der Waals surface area contributed by atoms with Crippen molar-refractivity contribution >= 4 is 32.4 Å². The van der Waals surface area contributed by atoms with Crippen molar-refractivity contribution in [3.8, 4) is 0 Å². The molecular weight excluding hydrogens is 222 g/mol. The number of aryl methyl sites for hydroxylation is 1. The van der Waals surface area contributed by atoms with Crippen molar-refractivity contribution in [1.29, 1.82) is 0 Å². The number of ether oxygens (including phenoxy) is 1. The predicted molar refractivity (Wildman–Crippen MR) is 66.9 cm³/mol. The van der Waals surface area contributed by atoms with Crippen molar-refractivity contribution in [2.45, 2.75) is 13.8 Å². The fourth-order valence-electron chi connectivity index (χ4n) is 1.64. The van der Waals surface area contributed by atoms with Crippen molar-refractivity contribution in [3.05, 3.63) is 29.3 Å². The van der Waals surface area contributed by atoms with E-state index >= 15 is 0 Å². The lowest BCUT2D eigenvalue weighted by atomic mass is 10.1. The minimum absolute atomic E-state index is 0.336. The molecule has 0 saturated carbocycles. The summed E-state index contributed by atoms with van der Waals surface area (Å²) in [6.07, 6.45) is 0. The molecule has 0 aliphatic rings. The van der Waals surface area contributed by atoms with Crippen LogP contribution in [0, 0.1) is 6.92 Å². The molecule has 0 fully saturated rings. The van der Waals surface area contributed by atoms with Crippen molar-refractivity contribution in [2.24, 2.45) is 0 Å². The highest BCUT2D eigenvalue weighted by Crippen LogP contribution is 2.34. The van der Waals surface area contributed by atoms with Crippen LogP contribution in [0.2, 0.25) is 0 Å². The second-order valence-corrected chi connectivity index (χ2v) is 4.65. The van der Waals surface area contributed by atoms with Crippen LogP contribution in [0.5, 0.6) is 0 Å². The van der Waals surface area contributed by atoms with Gasteiger partial charge in [0.2, 0.25) is 0 Å². The molecule has 4 heteroatoms. The number of benzene rings is 1. The third-order valence-electron chi connectivity index (χ3n) is 2.35. The van der Waals surface area contributed by atoms with Crippen LogP contribution in [-0.4, -0.2) is 12.6 Å². The SMILES string of the molecule is CCOC(=O)c1c(N)sc2ccc(C)cc12. The number of nitrogen functional groups attached to an aromatic ring is 1. The van der Waals surface area contributed by atoms with E-state index < -0.39 is 0 Å². The van der Waals surface area contributed by atoms with E-state index in [2.05, 4.69) is 0 Å². The number of nitrogens with two attached hydrogens (primary N) is 1. The fraction of sp³-hybridized carbons (Fsp3) is 0.250. The topological polar surface area (TPSA) is 52.3 Å². The van der Waals surface area contributed by atoms with E-state index in [4.69, 9.17) is 10.5 Å². The van der Waals surface area contributed by atoms with Gasteiger partial charge >= 0.3 is 5.97 Å². The Kier molecular flexibility index (Phi) is 2.83. The zero-order chi connectivity index (χ0) is 11.7. The Bertz CT molecular complexity index is 545. The summed E-state index contributed by atoms with van der Waals surface area (Å²) in [6, 6.07) is 5.95.